The summed E-state index contributed by atoms with van der Waals surface area (Å²) in [5.74, 6) is -0.0307. The fourth-order valence-corrected chi connectivity index (χ4v) is 3.85. The smallest absolute Gasteiger partial charge is 0.253 e. The first-order valence-electron chi connectivity index (χ1n) is 9.45. The van der Waals surface area contributed by atoms with E-state index in [0.29, 0.717) is 12.1 Å². The van der Waals surface area contributed by atoms with Crippen molar-refractivity contribution in [3.05, 3.63) is 35.0 Å². The zero-order chi connectivity index (χ0) is 19.0. The Balaban J connectivity index is 1.81. The van der Waals surface area contributed by atoms with Gasteiger partial charge in [0.15, 0.2) is 0 Å². The molecule has 0 radical (unpaired) electrons. The predicted octanol–water partition coefficient (Wildman–Crippen LogP) is 3.17. The summed E-state index contributed by atoms with van der Waals surface area (Å²) in [5.41, 5.74) is 4.28. The van der Waals surface area contributed by atoms with Crippen molar-refractivity contribution in [2.75, 3.05) is 13.1 Å². The molecular weight excluding hydrogens is 326 g/mol. The highest BCUT2D eigenvalue weighted by Gasteiger charge is 2.29. The molecule has 5 nitrogen and oxygen atoms in total. The molecule has 1 aliphatic rings. The summed E-state index contributed by atoms with van der Waals surface area (Å²) in [6, 6.07) is 6.05. The van der Waals surface area contributed by atoms with E-state index < -0.39 is 0 Å². The van der Waals surface area contributed by atoms with Crippen LogP contribution in [0.15, 0.2) is 18.2 Å². The van der Waals surface area contributed by atoms with Gasteiger partial charge < -0.3 is 14.8 Å². The van der Waals surface area contributed by atoms with E-state index in [2.05, 4.69) is 30.8 Å². The molecule has 0 aliphatic carbocycles. The Morgan fingerprint density at radius 3 is 2.65 bits per heavy atom. The van der Waals surface area contributed by atoms with Gasteiger partial charge in [-0.25, -0.2) is 0 Å². The van der Waals surface area contributed by atoms with Crippen LogP contribution in [0.3, 0.4) is 0 Å². The number of amides is 2. The second-order valence-electron chi connectivity index (χ2n) is 7.75. The largest absolute Gasteiger partial charge is 0.354 e. The van der Waals surface area contributed by atoms with Crippen LogP contribution in [0, 0.1) is 19.8 Å². The van der Waals surface area contributed by atoms with Gasteiger partial charge in [-0.3, -0.25) is 9.59 Å². The molecule has 1 fully saturated rings. The van der Waals surface area contributed by atoms with Crippen LogP contribution in [0.25, 0.3) is 10.9 Å². The van der Waals surface area contributed by atoms with Crippen molar-refractivity contribution in [3.63, 3.8) is 0 Å². The van der Waals surface area contributed by atoms with Gasteiger partial charge in [0.05, 0.1) is 5.92 Å². The molecule has 140 valence electrons. The minimum atomic E-state index is -0.112. The Morgan fingerprint density at radius 2 is 1.96 bits per heavy atom. The van der Waals surface area contributed by atoms with Gasteiger partial charge >= 0.3 is 0 Å². The molecule has 1 saturated heterocycles. The number of fused-ring (bicyclic) bond motifs is 1. The van der Waals surface area contributed by atoms with E-state index in [1.54, 1.807) is 0 Å². The monoisotopic (exact) mass is 355 g/mol. The Hall–Kier alpha value is -2.30. The number of aryl methyl sites for hydroxylation is 2. The number of nitrogens with zero attached hydrogens (tertiary/aromatic N) is 2. The van der Waals surface area contributed by atoms with E-state index in [-0.39, 0.29) is 23.8 Å². The van der Waals surface area contributed by atoms with Gasteiger partial charge in [-0.1, -0.05) is 0 Å². The quantitative estimate of drug-likeness (QED) is 0.919. The van der Waals surface area contributed by atoms with Crippen LogP contribution < -0.4 is 5.32 Å². The third-order valence-electron chi connectivity index (χ3n) is 5.57. The normalized spacial score (nSPS) is 17.8. The van der Waals surface area contributed by atoms with E-state index in [0.717, 1.165) is 30.3 Å². The molecule has 26 heavy (non-hydrogen) atoms. The van der Waals surface area contributed by atoms with Gasteiger partial charge in [-0.15, -0.1) is 0 Å². The fraction of sp³-hybridized carbons (Fsp3) is 0.524. The van der Waals surface area contributed by atoms with Crippen LogP contribution in [0.4, 0.5) is 0 Å². The number of benzene rings is 1. The topological polar surface area (TPSA) is 54.3 Å². The van der Waals surface area contributed by atoms with E-state index in [4.69, 9.17) is 0 Å². The molecule has 1 aromatic heterocycles. The number of rotatable bonds is 3. The van der Waals surface area contributed by atoms with Gasteiger partial charge in [0, 0.05) is 48.3 Å². The summed E-state index contributed by atoms with van der Waals surface area (Å²) in [4.78, 5) is 27.2. The Morgan fingerprint density at radius 1 is 1.23 bits per heavy atom. The third kappa shape index (κ3) is 3.35. The number of piperidine rings is 1. The number of carbonyl (C=O) groups excluding carboxylic acids is 2. The van der Waals surface area contributed by atoms with Crippen molar-refractivity contribution in [1.29, 1.82) is 0 Å². The highest BCUT2D eigenvalue weighted by atomic mass is 16.2. The SMILES string of the molecule is Cc1c(C)n(C)c2ccc(C(=O)N3CCC[C@H](C(=O)NC(C)C)C3)cc12. The van der Waals surface area contributed by atoms with Gasteiger partial charge in [-0.2, -0.15) is 0 Å². The van der Waals surface area contributed by atoms with Crippen molar-refractivity contribution in [3.8, 4) is 0 Å². The van der Waals surface area contributed by atoms with E-state index >= 15 is 0 Å². The van der Waals surface area contributed by atoms with E-state index in [1.807, 2.05) is 36.9 Å². The maximum atomic E-state index is 13.0. The molecule has 2 amide bonds. The summed E-state index contributed by atoms with van der Waals surface area (Å²) in [7, 11) is 2.05. The summed E-state index contributed by atoms with van der Waals surface area (Å²) in [5, 5.41) is 4.10. The van der Waals surface area contributed by atoms with Crippen LogP contribution in [0.5, 0.6) is 0 Å². The number of likely N-dealkylation sites (tertiary alicyclic amines) is 1. The molecule has 1 aromatic carbocycles. The fourth-order valence-electron chi connectivity index (χ4n) is 3.85. The second kappa shape index (κ2) is 7.14. The zero-order valence-corrected chi connectivity index (χ0v) is 16.4. The molecule has 0 unspecified atom stereocenters. The first-order chi connectivity index (χ1) is 12.3. The van der Waals surface area contributed by atoms with Crippen LogP contribution in [-0.4, -0.2) is 40.4 Å². The lowest BCUT2D eigenvalue weighted by Crippen LogP contribution is -2.46. The van der Waals surface area contributed by atoms with Gasteiger partial charge in [0.25, 0.3) is 5.91 Å². The van der Waals surface area contributed by atoms with Crippen molar-refractivity contribution >= 4 is 22.7 Å². The van der Waals surface area contributed by atoms with Crippen molar-refractivity contribution in [2.24, 2.45) is 13.0 Å². The number of aromatic nitrogens is 1. The standard InChI is InChI=1S/C21H29N3O2/c1-13(2)22-20(25)17-7-6-10-24(12-17)21(26)16-8-9-19-18(11-16)14(3)15(4)23(19)5/h8-9,11,13,17H,6-7,10,12H2,1-5H3,(H,22,25)/t17-/m0/s1. The molecule has 2 aromatic rings. The first kappa shape index (κ1) is 18.5. The van der Waals surface area contributed by atoms with Crippen molar-refractivity contribution in [2.45, 2.75) is 46.6 Å². The summed E-state index contributed by atoms with van der Waals surface area (Å²) in [6.45, 7) is 9.34. The molecule has 0 spiro atoms. The minimum absolute atomic E-state index is 0.0230. The lowest BCUT2D eigenvalue weighted by molar-refractivity contribution is -0.126. The third-order valence-corrected chi connectivity index (χ3v) is 5.57. The summed E-state index contributed by atoms with van der Waals surface area (Å²) < 4.78 is 2.16. The molecule has 5 heteroatoms. The molecule has 2 heterocycles. The van der Waals surface area contributed by atoms with Crippen molar-refractivity contribution in [1.82, 2.24) is 14.8 Å². The van der Waals surface area contributed by atoms with Gasteiger partial charge in [0.1, 0.15) is 0 Å². The lowest BCUT2D eigenvalue weighted by atomic mass is 9.96. The Bertz CT molecular complexity index is 851. The molecule has 0 saturated carbocycles. The van der Waals surface area contributed by atoms with Gasteiger partial charge in [0.2, 0.25) is 5.91 Å². The lowest BCUT2D eigenvalue weighted by Gasteiger charge is -2.32. The highest BCUT2D eigenvalue weighted by molar-refractivity contribution is 5.99. The van der Waals surface area contributed by atoms with E-state index in [1.165, 1.54) is 11.3 Å². The number of hydrogen-bond donors (Lipinski definition) is 1. The predicted molar refractivity (Wildman–Crippen MR) is 104 cm³/mol. The molecule has 1 N–H and O–H groups in total. The molecule has 1 atom stereocenters. The Labute approximate surface area is 155 Å². The minimum Gasteiger partial charge on any atom is -0.354 e. The number of carbonyl (C=O) groups is 2. The van der Waals surface area contributed by atoms with E-state index in [9.17, 15) is 9.59 Å². The number of hydrogen-bond acceptors (Lipinski definition) is 2. The summed E-state index contributed by atoms with van der Waals surface area (Å²) >= 11 is 0. The second-order valence-corrected chi connectivity index (χ2v) is 7.75. The maximum Gasteiger partial charge on any atom is 0.253 e. The molecular formula is C21H29N3O2. The maximum absolute atomic E-state index is 13.0. The summed E-state index contributed by atoms with van der Waals surface area (Å²) in [6.07, 6.45) is 1.71. The van der Waals surface area contributed by atoms with Crippen molar-refractivity contribution < 1.29 is 9.59 Å². The van der Waals surface area contributed by atoms with Gasteiger partial charge in [-0.05, 0) is 64.3 Å². The molecule has 0 bridgehead atoms. The Kier molecular flexibility index (Phi) is 5.08. The van der Waals surface area contributed by atoms with Crippen LogP contribution in [-0.2, 0) is 11.8 Å². The first-order valence-corrected chi connectivity index (χ1v) is 9.45. The van der Waals surface area contributed by atoms with Crippen LogP contribution in [0.2, 0.25) is 0 Å². The average Bonchev–Trinajstić information content (AvgIpc) is 2.84. The average molecular weight is 355 g/mol. The van der Waals surface area contributed by atoms with Crippen LogP contribution >= 0.6 is 0 Å². The highest BCUT2D eigenvalue weighted by Crippen LogP contribution is 2.26. The molecule has 1 aliphatic heterocycles. The number of nitrogens with one attached hydrogen (secondary N) is 1. The zero-order valence-electron chi connectivity index (χ0n) is 16.4. The van der Waals surface area contributed by atoms with Crippen LogP contribution in [0.1, 0.15) is 48.3 Å². The molecule has 3 rings (SSSR count).